The molecule has 1 amide bonds. The second-order valence-electron chi connectivity index (χ2n) is 1.40. The van der Waals surface area contributed by atoms with Gasteiger partial charge in [-0.05, 0) is 0 Å². The summed E-state index contributed by atoms with van der Waals surface area (Å²) < 4.78 is 0. The molecule has 42 valence electrons. The molecule has 4 heteroatoms. The van der Waals surface area contributed by atoms with Crippen molar-refractivity contribution in [2.75, 3.05) is 0 Å². The Balaban J connectivity index is 2.68. The van der Waals surface area contributed by atoms with Crippen molar-refractivity contribution >= 4 is 29.5 Å². The Morgan fingerprint density at radius 1 is 1.88 bits per heavy atom. The Bertz CT molecular complexity index is 163. The van der Waals surface area contributed by atoms with Gasteiger partial charge < -0.3 is 5.32 Å². The van der Waals surface area contributed by atoms with E-state index >= 15 is 0 Å². The van der Waals surface area contributed by atoms with E-state index in [1.807, 2.05) is 0 Å². The van der Waals surface area contributed by atoms with Crippen molar-refractivity contribution in [3.63, 3.8) is 0 Å². The maximum atomic E-state index is 10.4. The van der Waals surface area contributed by atoms with Crippen LogP contribution in [0, 0.1) is 0 Å². The van der Waals surface area contributed by atoms with E-state index in [0.29, 0.717) is 4.99 Å². The van der Waals surface area contributed by atoms with Gasteiger partial charge in [-0.2, -0.15) is 0 Å². The fraction of sp³-hybridized carbons (Fsp3) is 0.250. The molecule has 0 aromatic rings. The highest BCUT2D eigenvalue weighted by Crippen LogP contribution is 1.90. The van der Waals surface area contributed by atoms with Crippen LogP contribution >= 0.6 is 12.2 Å². The molecular weight excluding hydrogens is 124 g/mol. The summed E-state index contributed by atoms with van der Waals surface area (Å²) in [6.07, 6.45) is 1.57. The van der Waals surface area contributed by atoms with Crippen LogP contribution in [0.4, 0.5) is 0 Å². The molecule has 0 saturated carbocycles. The van der Waals surface area contributed by atoms with Gasteiger partial charge in [-0.3, -0.25) is 4.79 Å². The molecule has 3 nitrogen and oxygen atoms in total. The number of rotatable bonds is 0. The third-order valence-electron chi connectivity index (χ3n) is 0.746. The van der Waals surface area contributed by atoms with Crippen LogP contribution in [0.5, 0.6) is 0 Å². The molecule has 0 spiro atoms. The highest BCUT2D eigenvalue weighted by atomic mass is 32.1. The molecule has 0 atom stereocenters. The van der Waals surface area contributed by atoms with Gasteiger partial charge in [-0.15, -0.1) is 0 Å². The summed E-state index contributed by atoms with van der Waals surface area (Å²) in [5.74, 6) is -0.0787. The predicted molar refractivity (Wildman–Crippen MR) is 33.8 cm³/mol. The molecule has 0 unspecified atom stereocenters. The first-order chi connectivity index (χ1) is 3.79. The summed E-state index contributed by atoms with van der Waals surface area (Å²) in [4.78, 5) is 14.5. The molecule has 0 aromatic heterocycles. The highest BCUT2D eigenvalue weighted by molar-refractivity contribution is 7.80. The molecular formula is C4H4N2OS. The number of nitrogens with zero attached hydrogens (tertiary/aromatic N) is 1. The van der Waals surface area contributed by atoms with Crippen molar-refractivity contribution in [2.45, 2.75) is 6.42 Å². The molecule has 1 aliphatic rings. The van der Waals surface area contributed by atoms with E-state index in [0.717, 1.165) is 0 Å². The van der Waals surface area contributed by atoms with Gasteiger partial charge in [0, 0.05) is 0 Å². The number of amides is 1. The average Bonchev–Trinajstić information content (AvgIpc) is 1.64. The van der Waals surface area contributed by atoms with Crippen LogP contribution in [0.3, 0.4) is 0 Å². The number of nitrogens with one attached hydrogen (secondary N) is 1. The zero-order valence-electron chi connectivity index (χ0n) is 4.05. The Labute approximate surface area is 51.8 Å². The molecule has 0 radical (unpaired) electrons. The minimum Gasteiger partial charge on any atom is -0.316 e. The molecule has 1 N–H and O–H groups in total. The van der Waals surface area contributed by atoms with Gasteiger partial charge in [0.2, 0.25) is 5.91 Å². The number of carbonyl (C=O) groups is 1. The first-order valence-electron chi connectivity index (χ1n) is 2.14. The summed E-state index contributed by atoms with van der Waals surface area (Å²) in [6, 6.07) is 0. The fourth-order valence-electron chi connectivity index (χ4n) is 0.410. The van der Waals surface area contributed by atoms with Crippen molar-refractivity contribution in [1.82, 2.24) is 5.32 Å². The highest BCUT2D eigenvalue weighted by Gasteiger charge is 2.06. The predicted octanol–water partition coefficient (Wildman–Crippen LogP) is -0.138. The third kappa shape index (κ3) is 1.10. The van der Waals surface area contributed by atoms with Crippen molar-refractivity contribution in [2.24, 2.45) is 4.99 Å². The van der Waals surface area contributed by atoms with E-state index < -0.39 is 0 Å². The zero-order valence-corrected chi connectivity index (χ0v) is 4.86. The number of hydrogen-bond donors (Lipinski definition) is 1. The van der Waals surface area contributed by atoms with Gasteiger partial charge >= 0.3 is 0 Å². The van der Waals surface area contributed by atoms with Gasteiger partial charge in [0.15, 0.2) is 0 Å². The largest absolute Gasteiger partial charge is 0.316 e. The van der Waals surface area contributed by atoms with Crippen molar-refractivity contribution < 1.29 is 4.79 Å². The minimum absolute atomic E-state index is 0.0787. The van der Waals surface area contributed by atoms with Crippen molar-refractivity contribution in [1.29, 1.82) is 0 Å². The second-order valence-corrected chi connectivity index (χ2v) is 1.87. The van der Waals surface area contributed by atoms with E-state index in [-0.39, 0.29) is 12.3 Å². The van der Waals surface area contributed by atoms with Crippen LogP contribution in [0.2, 0.25) is 0 Å². The van der Waals surface area contributed by atoms with Crippen LogP contribution in [-0.2, 0) is 4.79 Å². The summed E-state index contributed by atoms with van der Waals surface area (Å²) in [5, 5.41) is 2.39. The van der Waals surface area contributed by atoms with E-state index in [1.165, 1.54) is 6.34 Å². The van der Waals surface area contributed by atoms with Crippen molar-refractivity contribution in [3.8, 4) is 0 Å². The molecule has 1 rings (SSSR count). The molecule has 0 fully saturated rings. The summed E-state index contributed by atoms with van der Waals surface area (Å²) in [5.41, 5.74) is 0. The maximum absolute atomic E-state index is 10.4. The lowest BCUT2D eigenvalue weighted by atomic mass is 10.4. The second kappa shape index (κ2) is 2.00. The lowest BCUT2D eigenvalue weighted by Crippen LogP contribution is -2.27. The SMILES string of the molecule is O=C1CC(=S)N=CN1. The monoisotopic (exact) mass is 128 g/mol. The molecule has 0 saturated heterocycles. The maximum Gasteiger partial charge on any atom is 0.231 e. The van der Waals surface area contributed by atoms with Gasteiger partial charge in [-0.1, -0.05) is 12.2 Å². The van der Waals surface area contributed by atoms with Gasteiger partial charge in [-0.25, -0.2) is 4.99 Å². The number of hydrogen-bond acceptors (Lipinski definition) is 2. The number of thiocarbonyl (C=S) groups is 1. The zero-order chi connectivity index (χ0) is 5.98. The van der Waals surface area contributed by atoms with Crippen LogP contribution < -0.4 is 5.32 Å². The normalized spacial score (nSPS) is 18.5. The first kappa shape index (κ1) is 5.37. The first-order valence-corrected chi connectivity index (χ1v) is 2.54. The average molecular weight is 128 g/mol. The molecule has 1 aliphatic heterocycles. The number of aliphatic imine (C=N–C) groups is 1. The van der Waals surface area contributed by atoms with Crippen LogP contribution in [0.25, 0.3) is 0 Å². The van der Waals surface area contributed by atoms with E-state index in [2.05, 4.69) is 22.5 Å². The summed E-state index contributed by atoms with van der Waals surface area (Å²) >= 11 is 4.62. The standard InChI is InChI=1S/C4H4N2OS/c7-3-1-4(8)6-2-5-3/h2H,1H2,(H,5,6,7,8). The quantitative estimate of drug-likeness (QED) is 0.461. The topological polar surface area (TPSA) is 41.5 Å². The Kier molecular flexibility index (Phi) is 1.34. The van der Waals surface area contributed by atoms with Crippen LogP contribution in [0.15, 0.2) is 4.99 Å². The molecule has 8 heavy (non-hydrogen) atoms. The van der Waals surface area contributed by atoms with Crippen LogP contribution in [-0.4, -0.2) is 17.2 Å². The van der Waals surface area contributed by atoms with E-state index in [9.17, 15) is 4.79 Å². The molecule has 0 aromatic carbocycles. The number of carbonyl (C=O) groups excluding carboxylic acids is 1. The lowest BCUT2D eigenvalue weighted by Gasteiger charge is -2.02. The molecule has 0 bridgehead atoms. The lowest BCUT2D eigenvalue weighted by molar-refractivity contribution is -0.118. The van der Waals surface area contributed by atoms with Gasteiger partial charge in [0.05, 0.1) is 12.8 Å². The summed E-state index contributed by atoms with van der Waals surface area (Å²) in [6.45, 7) is 0. The Hall–Kier alpha value is -0.770. The third-order valence-corrected chi connectivity index (χ3v) is 0.996. The van der Waals surface area contributed by atoms with Gasteiger partial charge in [0.1, 0.15) is 4.99 Å². The minimum atomic E-state index is -0.0787. The molecule has 0 aliphatic carbocycles. The Morgan fingerprint density at radius 2 is 2.62 bits per heavy atom. The van der Waals surface area contributed by atoms with Gasteiger partial charge in [0.25, 0.3) is 0 Å². The van der Waals surface area contributed by atoms with Crippen LogP contribution in [0.1, 0.15) is 6.42 Å². The fourth-order valence-corrected chi connectivity index (χ4v) is 0.594. The smallest absolute Gasteiger partial charge is 0.231 e. The van der Waals surface area contributed by atoms with E-state index in [1.54, 1.807) is 0 Å². The Morgan fingerprint density at radius 3 is 3.00 bits per heavy atom. The van der Waals surface area contributed by atoms with E-state index in [4.69, 9.17) is 0 Å². The molecule has 1 heterocycles. The van der Waals surface area contributed by atoms with Crippen molar-refractivity contribution in [3.05, 3.63) is 0 Å². The summed E-state index contributed by atoms with van der Waals surface area (Å²) in [7, 11) is 0.